The molecule has 0 aliphatic heterocycles. The van der Waals surface area contributed by atoms with Crippen LogP contribution in [0.5, 0.6) is 0 Å². The summed E-state index contributed by atoms with van der Waals surface area (Å²) in [5.74, 6) is 0. The van der Waals surface area contributed by atoms with E-state index in [1.165, 1.54) is 0 Å². The maximum atomic E-state index is 10.5. The summed E-state index contributed by atoms with van der Waals surface area (Å²) >= 11 is -4.57. The van der Waals surface area contributed by atoms with Gasteiger partial charge in [-0.15, -0.1) is 0 Å². The Bertz CT molecular complexity index is 392. The van der Waals surface area contributed by atoms with E-state index in [2.05, 4.69) is 10.6 Å². The molecule has 0 radical (unpaired) electrons. The van der Waals surface area contributed by atoms with Gasteiger partial charge >= 0.3 is 49.8 Å². The summed E-state index contributed by atoms with van der Waals surface area (Å²) < 4.78 is 41.9. The summed E-state index contributed by atoms with van der Waals surface area (Å²) in [6.45, 7) is 3.88. The van der Waals surface area contributed by atoms with Crippen molar-refractivity contribution >= 4 is 72.0 Å². The summed E-state index contributed by atoms with van der Waals surface area (Å²) in [5.41, 5.74) is 9.56. The maximum Gasteiger partial charge on any atom is 2.00 e. The minimum atomic E-state index is -2.29. The Morgan fingerprint density at radius 1 is 0.880 bits per heavy atom. The molecule has 0 aromatic rings. The summed E-state index contributed by atoms with van der Waals surface area (Å²) in [5, 5.41) is 2.59. The number of unbranched alkanes of at least 4 members (excludes halogenated alkanes) is 2. The summed E-state index contributed by atoms with van der Waals surface area (Å²) in [6.07, 6.45) is 4.09. The molecule has 0 rings (SSSR count). The third-order valence-corrected chi connectivity index (χ3v) is 4.35. The first-order valence-corrected chi connectivity index (χ1v) is 9.71. The molecule has 0 bridgehead atoms. The molecule has 144 valence electrons. The van der Waals surface area contributed by atoms with E-state index in [0.29, 0.717) is 12.8 Å². The van der Waals surface area contributed by atoms with Gasteiger partial charge in [-0.1, -0.05) is 39.5 Å². The van der Waals surface area contributed by atoms with Gasteiger partial charge in [-0.3, -0.25) is 8.42 Å². The van der Waals surface area contributed by atoms with Crippen molar-refractivity contribution in [3.8, 4) is 0 Å². The number of carbonyl (C=O) groups excluding carboxylic acids is 2. The van der Waals surface area contributed by atoms with Crippen molar-refractivity contribution in [3.05, 3.63) is 0 Å². The van der Waals surface area contributed by atoms with E-state index in [-0.39, 0.29) is 37.7 Å². The van der Waals surface area contributed by atoms with Gasteiger partial charge in [0.15, 0.2) is 0 Å². The van der Waals surface area contributed by atoms with Crippen LogP contribution < -0.4 is 22.1 Å². The molecule has 10 nitrogen and oxygen atoms in total. The number of urea groups is 2. The zero-order valence-corrected chi connectivity index (χ0v) is 18.4. The molecule has 0 aliphatic rings. The van der Waals surface area contributed by atoms with Gasteiger partial charge < -0.3 is 31.2 Å². The smallest absolute Gasteiger partial charge is 0.771 e. The molecular weight excluding hydrogens is 400 g/mol. The van der Waals surface area contributed by atoms with Crippen LogP contribution in [-0.4, -0.2) is 78.1 Å². The normalized spacial score (nSPS) is 14.6. The SMILES string of the molecule is CCCCC(NC(N)=O)S(=O)[O-].CCCCC(NC(N)=O)S(=O)[O-].[Ca+2]. The van der Waals surface area contributed by atoms with Crippen LogP contribution in [0.2, 0.25) is 0 Å². The molecule has 0 saturated heterocycles. The van der Waals surface area contributed by atoms with Crippen LogP contribution in [0.1, 0.15) is 52.4 Å². The molecule has 0 saturated carbocycles. The number of hydrogen-bond acceptors (Lipinski definition) is 6. The van der Waals surface area contributed by atoms with Crippen molar-refractivity contribution in [2.24, 2.45) is 11.5 Å². The van der Waals surface area contributed by atoms with Crippen LogP contribution >= 0.6 is 0 Å². The third kappa shape index (κ3) is 20.2. The van der Waals surface area contributed by atoms with Crippen LogP contribution in [0.25, 0.3) is 0 Å². The monoisotopic (exact) mass is 426 g/mol. The third-order valence-electron chi connectivity index (χ3n) is 2.71. The Morgan fingerprint density at radius 3 is 1.32 bits per heavy atom. The second kappa shape index (κ2) is 18.8. The first-order valence-electron chi connectivity index (χ1n) is 7.43. The van der Waals surface area contributed by atoms with Crippen molar-refractivity contribution in [2.45, 2.75) is 63.1 Å². The van der Waals surface area contributed by atoms with Crippen molar-refractivity contribution in [1.29, 1.82) is 0 Å². The average Bonchev–Trinajstić information content (AvgIpc) is 2.47. The minimum Gasteiger partial charge on any atom is -0.771 e. The molecular formula is C12H26CaN4O6S2. The number of primary amides is 2. The maximum absolute atomic E-state index is 10.5. The fraction of sp³-hybridized carbons (Fsp3) is 0.833. The molecule has 0 spiro atoms. The van der Waals surface area contributed by atoms with E-state index >= 15 is 0 Å². The molecule has 4 atom stereocenters. The van der Waals surface area contributed by atoms with Crippen molar-refractivity contribution in [3.63, 3.8) is 0 Å². The molecule has 0 fully saturated rings. The van der Waals surface area contributed by atoms with Gasteiger partial charge in [0.25, 0.3) is 0 Å². The van der Waals surface area contributed by atoms with Crippen LogP contribution in [-0.2, 0) is 22.2 Å². The van der Waals surface area contributed by atoms with Gasteiger partial charge in [-0.05, 0) is 35.0 Å². The number of nitrogens with one attached hydrogen (secondary N) is 2. The minimum absolute atomic E-state index is 0. The summed E-state index contributed by atoms with van der Waals surface area (Å²) in [7, 11) is 0. The summed E-state index contributed by atoms with van der Waals surface area (Å²) in [6, 6.07) is -1.61. The number of hydrogen-bond donors (Lipinski definition) is 4. The molecule has 13 heteroatoms. The number of nitrogens with two attached hydrogens (primary N) is 2. The second-order valence-corrected chi connectivity index (χ2v) is 6.98. The molecule has 0 aromatic heterocycles. The predicted molar refractivity (Wildman–Crippen MR) is 95.7 cm³/mol. The van der Waals surface area contributed by atoms with Gasteiger partial charge in [0.2, 0.25) is 0 Å². The van der Waals surface area contributed by atoms with Crippen LogP contribution in [0.3, 0.4) is 0 Å². The summed E-state index contributed by atoms with van der Waals surface area (Å²) in [4.78, 5) is 20.6. The largest absolute Gasteiger partial charge is 2.00 e. The topological polar surface area (TPSA) is 190 Å². The van der Waals surface area contributed by atoms with Gasteiger partial charge in [0.05, 0.1) is 10.7 Å². The molecule has 4 amide bonds. The van der Waals surface area contributed by atoms with E-state index in [9.17, 15) is 27.1 Å². The fourth-order valence-corrected chi connectivity index (χ4v) is 2.67. The standard InChI is InChI=1S/2C6H14N2O3S.Ca/c2*1-2-3-4-5(12(10)11)8-6(7)9;/h2*5H,2-4H2,1H3,(H,10,11)(H3,7,8,9);/q;;+2/p-2. The molecule has 6 N–H and O–H groups in total. The fourth-order valence-electron chi connectivity index (χ4n) is 1.53. The van der Waals surface area contributed by atoms with Gasteiger partial charge in [-0.2, -0.15) is 0 Å². The number of rotatable bonds is 10. The van der Waals surface area contributed by atoms with Crippen molar-refractivity contribution in [2.75, 3.05) is 0 Å². The van der Waals surface area contributed by atoms with E-state index in [0.717, 1.165) is 25.7 Å². The first kappa shape index (κ1) is 29.8. The van der Waals surface area contributed by atoms with E-state index in [4.69, 9.17) is 11.5 Å². The van der Waals surface area contributed by atoms with E-state index in [1.54, 1.807) is 0 Å². The molecule has 0 aliphatic carbocycles. The predicted octanol–water partition coefficient (Wildman–Crippen LogP) is -0.281. The van der Waals surface area contributed by atoms with Crippen molar-refractivity contribution < 1.29 is 27.1 Å². The Labute approximate surface area is 183 Å². The Kier molecular flexibility index (Phi) is 22.4. The van der Waals surface area contributed by atoms with Gasteiger partial charge in [0, 0.05) is 0 Å². The Hall–Kier alpha value is 0.0197. The average molecular weight is 427 g/mol. The zero-order valence-electron chi connectivity index (χ0n) is 14.5. The second-order valence-electron chi connectivity index (χ2n) is 4.80. The number of carbonyl (C=O) groups is 2. The van der Waals surface area contributed by atoms with Crippen molar-refractivity contribution in [1.82, 2.24) is 10.6 Å². The quantitative estimate of drug-likeness (QED) is 0.274. The van der Waals surface area contributed by atoms with Gasteiger partial charge in [-0.25, -0.2) is 9.59 Å². The molecule has 4 unspecified atom stereocenters. The van der Waals surface area contributed by atoms with Gasteiger partial charge in [0.1, 0.15) is 0 Å². The van der Waals surface area contributed by atoms with Crippen LogP contribution in [0.4, 0.5) is 9.59 Å². The molecule has 0 aromatic carbocycles. The Balaban J connectivity index is -0.000000372. The van der Waals surface area contributed by atoms with E-state index in [1.807, 2.05) is 13.8 Å². The number of amides is 4. The zero-order chi connectivity index (χ0) is 19.1. The molecule has 0 heterocycles. The van der Waals surface area contributed by atoms with Crippen LogP contribution in [0.15, 0.2) is 0 Å². The Morgan fingerprint density at radius 2 is 1.16 bits per heavy atom. The van der Waals surface area contributed by atoms with Crippen LogP contribution in [0, 0.1) is 0 Å². The van der Waals surface area contributed by atoms with E-state index < -0.39 is 45.0 Å². The first-order chi connectivity index (χ1) is 11.1. The molecule has 25 heavy (non-hydrogen) atoms.